The van der Waals surface area contributed by atoms with Crippen molar-refractivity contribution >= 4 is 29.1 Å². The predicted octanol–water partition coefficient (Wildman–Crippen LogP) is 3.35. The van der Waals surface area contributed by atoms with E-state index in [1.54, 1.807) is 12.4 Å². The quantitative estimate of drug-likeness (QED) is 0.880. The maximum Gasteiger partial charge on any atom is 0.254 e. The number of likely N-dealkylation sites (tertiary alicyclic amines) is 1. The molecule has 0 bridgehead atoms. The van der Waals surface area contributed by atoms with Crippen molar-refractivity contribution in [3.05, 3.63) is 71.7 Å². The third-order valence-corrected chi connectivity index (χ3v) is 4.86. The average Bonchev–Trinajstić information content (AvgIpc) is 3.18. The summed E-state index contributed by atoms with van der Waals surface area (Å²) in [5.41, 5.74) is 1.73. The minimum absolute atomic E-state index is 0.0507. The first-order valence-electron chi connectivity index (χ1n) is 8.92. The third-order valence-electron chi connectivity index (χ3n) is 4.67. The Morgan fingerprint density at radius 1 is 1.22 bits per heavy atom. The normalized spacial score (nSPS) is 18.8. The van der Waals surface area contributed by atoms with Gasteiger partial charge in [-0.3, -0.25) is 4.79 Å². The molecule has 7 heteroatoms. The number of carbonyl (C=O) groups is 1. The minimum atomic E-state index is 0.0507. The first-order chi connectivity index (χ1) is 13.2. The van der Waals surface area contributed by atoms with Crippen LogP contribution in [0, 0.1) is 0 Å². The van der Waals surface area contributed by atoms with Gasteiger partial charge < -0.3 is 15.1 Å². The van der Waals surface area contributed by atoms with Gasteiger partial charge in [-0.25, -0.2) is 9.97 Å². The topological polar surface area (TPSA) is 61.4 Å². The molecule has 1 amide bonds. The summed E-state index contributed by atoms with van der Waals surface area (Å²) < 4.78 is 0. The summed E-state index contributed by atoms with van der Waals surface area (Å²) in [7, 11) is 0. The maximum atomic E-state index is 12.9. The maximum absolute atomic E-state index is 12.9. The van der Waals surface area contributed by atoms with Gasteiger partial charge in [0.1, 0.15) is 0 Å². The molecule has 1 fully saturated rings. The highest BCUT2D eigenvalue weighted by molar-refractivity contribution is 6.30. The fourth-order valence-electron chi connectivity index (χ4n) is 3.29. The fourth-order valence-corrected chi connectivity index (χ4v) is 3.39. The van der Waals surface area contributed by atoms with Crippen LogP contribution in [0.1, 0.15) is 16.8 Å². The number of amides is 1. The molecule has 6 nitrogen and oxygen atoms in total. The molecule has 3 heterocycles. The Labute approximate surface area is 163 Å². The number of benzene rings is 1. The highest BCUT2D eigenvalue weighted by atomic mass is 35.5. The molecule has 0 aliphatic carbocycles. The molecule has 2 aromatic rings. The number of nitrogens with zero attached hydrogens (tertiary/aromatic N) is 4. The van der Waals surface area contributed by atoms with E-state index in [0.29, 0.717) is 29.6 Å². The summed E-state index contributed by atoms with van der Waals surface area (Å²) in [5, 5.41) is 3.77. The molecular formula is C20H20ClN5O. The third kappa shape index (κ3) is 4.11. The molecule has 1 saturated heterocycles. The second-order valence-corrected chi connectivity index (χ2v) is 7.01. The lowest BCUT2D eigenvalue weighted by atomic mass is 10.1. The average molecular weight is 382 g/mol. The van der Waals surface area contributed by atoms with Crippen molar-refractivity contribution in [1.29, 1.82) is 0 Å². The number of nitrogens with one attached hydrogen (secondary N) is 1. The van der Waals surface area contributed by atoms with Crippen molar-refractivity contribution in [3.63, 3.8) is 0 Å². The van der Waals surface area contributed by atoms with Crippen LogP contribution in [0.25, 0.3) is 0 Å². The van der Waals surface area contributed by atoms with E-state index in [9.17, 15) is 4.79 Å². The Kier molecular flexibility index (Phi) is 5.07. The number of carbonyl (C=O) groups excluding carboxylic acids is 1. The van der Waals surface area contributed by atoms with Gasteiger partial charge in [0.25, 0.3) is 5.91 Å². The molecule has 138 valence electrons. The summed E-state index contributed by atoms with van der Waals surface area (Å²) >= 11 is 5.81. The van der Waals surface area contributed by atoms with Crippen LogP contribution in [-0.2, 0) is 0 Å². The molecule has 1 atom stereocenters. The fraction of sp³-hybridized carbons (Fsp3) is 0.250. The number of halogens is 1. The van der Waals surface area contributed by atoms with Crippen LogP contribution in [0.15, 0.2) is 61.1 Å². The van der Waals surface area contributed by atoms with Crippen molar-refractivity contribution < 1.29 is 4.79 Å². The molecule has 4 rings (SSSR count). The number of rotatable bonds is 4. The van der Waals surface area contributed by atoms with E-state index < -0.39 is 0 Å². The van der Waals surface area contributed by atoms with Crippen LogP contribution >= 0.6 is 11.6 Å². The molecular weight excluding hydrogens is 362 g/mol. The van der Waals surface area contributed by atoms with Crippen molar-refractivity contribution in [2.45, 2.75) is 12.5 Å². The molecule has 0 radical (unpaired) electrons. The van der Waals surface area contributed by atoms with Crippen molar-refractivity contribution in [2.75, 3.05) is 29.9 Å². The predicted molar refractivity (Wildman–Crippen MR) is 107 cm³/mol. The molecule has 1 aromatic heterocycles. The second-order valence-electron chi connectivity index (χ2n) is 6.58. The number of hydrogen-bond donors (Lipinski definition) is 1. The van der Waals surface area contributed by atoms with Crippen molar-refractivity contribution in [3.8, 4) is 0 Å². The smallest absolute Gasteiger partial charge is 0.254 e. The highest BCUT2D eigenvalue weighted by Gasteiger charge is 2.27. The van der Waals surface area contributed by atoms with E-state index >= 15 is 0 Å². The van der Waals surface area contributed by atoms with Gasteiger partial charge >= 0.3 is 0 Å². The van der Waals surface area contributed by atoms with Gasteiger partial charge in [0, 0.05) is 43.1 Å². The molecule has 27 heavy (non-hydrogen) atoms. The Hall–Kier alpha value is -2.86. The van der Waals surface area contributed by atoms with Gasteiger partial charge in [-0.1, -0.05) is 29.8 Å². The van der Waals surface area contributed by atoms with Crippen LogP contribution in [-0.4, -0.2) is 46.5 Å². The molecule has 0 saturated carbocycles. The Morgan fingerprint density at radius 2 is 2.07 bits per heavy atom. The van der Waals surface area contributed by atoms with Gasteiger partial charge in [-0.15, -0.1) is 0 Å². The number of allylic oxidation sites excluding steroid dienone is 2. The molecule has 2 aliphatic heterocycles. The van der Waals surface area contributed by atoms with Gasteiger partial charge in [0.15, 0.2) is 0 Å². The van der Waals surface area contributed by atoms with Crippen molar-refractivity contribution in [1.82, 2.24) is 14.9 Å². The Morgan fingerprint density at radius 3 is 2.85 bits per heavy atom. The van der Waals surface area contributed by atoms with E-state index in [2.05, 4.69) is 26.3 Å². The van der Waals surface area contributed by atoms with Crippen LogP contribution < -0.4 is 10.2 Å². The molecule has 1 aromatic carbocycles. The number of aromatic nitrogens is 2. The van der Waals surface area contributed by atoms with Crippen molar-refractivity contribution in [2.24, 2.45) is 0 Å². The zero-order chi connectivity index (χ0) is 18.6. The summed E-state index contributed by atoms with van der Waals surface area (Å²) in [5.74, 6) is 0.584. The lowest BCUT2D eigenvalue weighted by molar-refractivity contribution is 0.0791. The molecule has 1 N–H and O–H groups in total. The molecule has 0 unspecified atom stereocenters. The zero-order valence-electron chi connectivity index (χ0n) is 14.8. The minimum Gasteiger partial charge on any atom is -0.350 e. The number of hydrogen-bond acceptors (Lipinski definition) is 5. The summed E-state index contributed by atoms with van der Waals surface area (Å²) in [6.45, 7) is 2.15. The lowest BCUT2D eigenvalue weighted by Gasteiger charge is -2.22. The molecule has 0 spiro atoms. The summed E-state index contributed by atoms with van der Waals surface area (Å²) in [4.78, 5) is 25.2. The van der Waals surface area contributed by atoms with E-state index in [0.717, 1.165) is 18.7 Å². The first-order valence-corrected chi connectivity index (χ1v) is 9.30. The van der Waals surface area contributed by atoms with Crippen LogP contribution in [0.2, 0.25) is 5.02 Å². The number of anilines is 2. The van der Waals surface area contributed by atoms with Gasteiger partial charge in [0.2, 0.25) is 5.95 Å². The summed E-state index contributed by atoms with van der Waals surface area (Å²) in [6, 6.07) is 7.91. The van der Waals surface area contributed by atoms with E-state index in [1.807, 2.05) is 47.5 Å². The van der Waals surface area contributed by atoms with Gasteiger partial charge in [-0.2, -0.15) is 0 Å². The van der Waals surface area contributed by atoms with Crippen LogP contribution in [0.3, 0.4) is 0 Å². The highest BCUT2D eigenvalue weighted by Crippen LogP contribution is 2.21. The molecule has 2 aliphatic rings. The SMILES string of the molecule is O=C(c1cccc(N2C=CC=CC2)c1)N1CC[C@@H](Nc2ncc(Cl)cn2)C1. The second kappa shape index (κ2) is 7.80. The van der Waals surface area contributed by atoms with E-state index in [-0.39, 0.29) is 11.9 Å². The van der Waals surface area contributed by atoms with Gasteiger partial charge in [-0.05, 0) is 30.7 Å². The zero-order valence-corrected chi connectivity index (χ0v) is 15.5. The first kappa shape index (κ1) is 17.5. The standard InChI is InChI=1S/C20H20ClN5O/c21-16-12-22-20(23-13-16)24-17-7-10-26(14-17)19(27)15-5-4-6-18(11-15)25-8-2-1-3-9-25/h1-6,8,11-13,17H,7,9-10,14H2,(H,22,23,24)/t17-/m1/s1. The van der Waals surface area contributed by atoms with E-state index in [4.69, 9.17) is 11.6 Å². The van der Waals surface area contributed by atoms with E-state index in [1.165, 1.54) is 0 Å². The lowest BCUT2D eigenvalue weighted by Crippen LogP contribution is -2.32. The Balaban J connectivity index is 1.40. The van der Waals surface area contributed by atoms with Crippen LogP contribution in [0.5, 0.6) is 0 Å². The Bertz CT molecular complexity index is 880. The largest absolute Gasteiger partial charge is 0.350 e. The monoisotopic (exact) mass is 381 g/mol. The van der Waals surface area contributed by atoms with Gasteiger partial charge in [0.05, 0.1) is 17.4 Å². The summed E-state index contributed by atoms with van der Waals surface area (Å²) in [6.07, 6.45) is 12.1. The van der Waals surface area contributed by atoms with Crippen LogP contribution in [0.4, 0.5) is 11.6 Å².